The van der Waals surface area contributed by atoms with Crippen molar-refractivity contribution < 1.29 is 0 Å². The van der Waals surface area contributed by atoms with Gasteiger partial charge in [-0.05, 0) is 162 Å². The predicted molar refractivity (Wildman–Crippen MR) is 258 cm³/mol. The van der Waals surface area contributed by atoms with E-state index < -0.39 is 0 Å². The minimum Gasteiger partial charge on any atom is -0.323 e. The van der Waals surface area contributed by atoms with Gasteiger partial charge in [0.05, 0.1) is 0 Å². The van der Waals surface area contributed by atoms with Gasteiger partial charge in [-0.15, -0.1) is 0 Å². The average molecular weight is 766 g/mol. The minimum atomic E-state index is 0.0770. The van der Waals surface area contributed by atoms with Gasteiger partial charge in [0.15, 0.2) is 0 Å². The largest absolute Gasteiger partial charge is 0.323 e. The Balaban J connectivity index is 1.30. The predicted octanol–water partition coefficient (Wildman–Crippen LogP) is 16.3. The zero-order chi connectivity index (χ0) is 40.7. The molecule has 2 aliphatic rings. The van der Waals surface area contributed by atoms with Gasteiger partial charge in [-0.2, -0.15) is 0 Å². The molecule has 9 rings (SSSR count). The Morgan fingerprint density at radius 3 is 1.83 bits per heavy atom. The van der Waals surface area contributed by atoms with Crippen molar-refractivity contribution in [3.8, 4) is 0 Å². The fraction of sp³-hybridized carbons (Fsp3) is 0.207. The van der Waals surface area contributed by atoms with Gasteiger partial charge in [0.1, 0.15) is 0 Å². The average Bonchev–Trinajstić information content (AvgIpc) is 3.27. The number of fused-ring (bicyclic) bond motifs is 7. The van der Waals surface area contributed by atoms with E-state index in [9.17, 15) is 0 Å². The van der Waals surface area contributed by atoms with Crippen LogP contribution in [0.25, 0.3) is 54.2 Å². The van der Waals surface area contributed by atoms with Crippen molar-refractivity contribution in [2.75, 3.05) is 4.90 Å². The Morgan fingerprint density at radius 1 is 0.542 bits per heavy atom. The van der Waals surface area contributed by atoms with Gasteiger partial charge < -0.3 is 4.90 Å². The lowest BCUT2D eigenvalue weighted by Crippen LogP contribution is -2.34. The number of allylic oxidation sites excluding steroid dienone is 8. The summed E-state index contributed by atoms with van der Waals surface area (Å²) in [7, 11) is 0. The van der Waals surface area contributed by atoms with E-state index in [1.54, 1.807) is 0 Å². The molecule has 0 N–H and O–H groups in total. The van der Waals surface area contributed by atoms with E-state index in [-0.39, 0.29) is 10.8 Å². The SMILES string of the molecule is C=C/C=C(\C(=C/N(/C=C\C1=C(C=C)CCCC1)c1ccc2c(c1)C(C)(C)CCC2(C)C)c1ccc2c(ccc3ccccc32)c1)c1ccc2ccc3ccccc3c2c1. The lowest BCUT2D eigenvalue weighted by atomic mass is 9.63. The molecule has 0 saturated heterocycles. The molecule has 0 saturated carbocycles. The van der Waals surface area contributed by atoms with Crippen molar-refractivity contribution in [2.24, 2.45) is 0 Å². The second-order valence-corrected chi connectivity index (χ2v) is 18.0. The van der Waals surface area contributed by atoms with Crippen molar-refractivity contribution in [3.05, 3.63) is 211 Å². The van der Waals surface area contributed by atoms with Crippen LogP contribution in [-0.2, 0) is 10.8 Å². The first-order valence-electron chi connectivity index (χ1n) is 21.5. The molecular weight excluding hydrogens is 711 g/mol. The molecule has 7 aromatic carbocycles. The minimum absolute atomic E-state index is 0.0770. The van der Waals surface area contributed by atoms with E-state index in [4.69, 9.17) is 0 Å². The zero-order valence-electron chi connectivity index (χ0n) is 35.2. The first-order chi connectivity index (χ1) is 28.6. The van der Waals surface area contributed by atoms with Crippen LogP contribution in [0.4, 0.5) is 5.69 Å². The molecule has 0 bridgehead atoms. The normalized spacial score (nSPS) is 16.9. The second kappa shape index (κ2) is 15.5. The molecule has 7 aromatic rings. The van der Waals surface area contributed by atoms with Crippen LogP contribution < -0.4 is 4.90 Å². The number of anilines is 1. The highest BCUT2D eigenvalue weighted by Crippen LogP contribution is 2.47. The van der Waals surface area contributed by atoms with Crippen molar-refractivity contribution in [1.29, 1.82) is 0 Å². The third kappa shape index (κ3) is 7.29. The monoisotopic (exact) mass is 765 g/mol. The van der Waals surface area contributed by atoms with Crippen LogP contribution in [0.2, 0.25) is 0 Å². The van der Waals surface area contributed by atoms with E-state index in [1.807, 2.05) is 6.08 Å². The maximum Gasteiger partial charge on any atom is 0.0452 e. The van der Waals surface area contributed by atoms with E-state index in [2.05, 4.69) is 204 Å². The number of nitrogens with zero attached hydrogens (tertiary/aromatic N) is 1. The molecule has 0 radical (unpaired) electrons. The van der Waals surface area contributed by atoms with E-state index in [1.165, 1.54) is 84.6 Å². The number of hydrogen-bond acceptors (Lipinski definition) is 1. The quantitative estimate of drug-likeness (QED) is 0.104. The van der Waals surface area contributed by atoms with Crippen LogP contribution in [0.1, 0.15) is 88.5 Å². The van der Waals surface area contributed by atoms with Crippen LogP contribution in [0.5, 0.6) is 0 Å². The van der Waals surface area contributed by atoms with Gasteiger partial charge in [-0.3, -0.25) is 0 Å². The topological polar surface area (TPSA) is 3.24 Å². The van der Waals surface area contributed by atoms with E-state index in [0.717, 1.165) is 47.2 Å². The summed E-state index contributed by atoms with van der Waals surface area (Å²) in [6.45, 7) is 18.1. The van der Waals surface area contributed by atoms with Crippen LogP contribution in [0.15, 0.2) is 188 Å². The van der Waals surface area contributed by atoms with Crippen molar-refractivity contribution >= 4 is 59.9 Å². The maximum atomic E-state index is 4.28. The molecule has 2 aliphatic carbocycles. The lowest BCUT2D eigenvalue weighted by molar-refractivity contribution is 0.332. The van der Waals surface area contributed by atoms with Gasteiger partial charge >= 0.3 is 0 Å². The fourth-order valence-electron chi connectivity index (χ4n) is 9.73. The Kier molecular flexibility index (Phi) is 10.1. The van der Waals surface area contributed by atoms with Gasteiger partial charge in [-0.1, -0.05) is 162 Å². The molecule has 0 spiro atoms. The Hall–Kier alpha value is -6.18. The van der Waals surface area contributed by atoms with Gasteiger partial charge in [-0.25, -0.2) is 0 Å². The first kappa shape index (κ1) is 38.3. The molecule has 0 amide bonds. The third-order valence-electron chi connectivity index (χ3n) is 13.3. The third-order valence-corrected chi connectivity index (χ3v) is 13.3. The zero-order valence-corrected chi connectivity index (χ0v) is 35.2. The summed E-state index contributed by atoms with van der Waals surface area (Å²) in [5, 5.41) is 9.99. The summed E-state index contributed by atoms with van der Waals surface area (Å²) in [5.41, 5.74) is 11.6. The Labute approximate surface area is 351 Å². The van der Waals surface area contributed by atoms with Crippen LogP contribution >= 0.6 is 0 Å². The molecule has 292 valence electrons. The first-order valence-corrected chi connectivity index (χ1v) is 21.5. The standard InChI is InChI=1S/C58H55N/c1-7-15-49(47-27-25-44-23-22-43-19-12-14-21-51(43)53(44)37-47)54(46-28-30-52-45(36-46)26-24-42-18-11-13-20-50(42)52)39-59(35-32-41-17-10-9-16-40(41)8-2)48-29-31-55-56(38-48)58(5,6)34-33-57(55,3)4/h7-8,11-15,18-32,35-39H,1-2,9-10,16-17,33-34H2,3-6H3/b35-32-,49-15-,54-39-. The van der Waals surface area contributed by atoms with E-state index in [0.29, 0.717) is 0 Å². The number of benzene rings is 7. The van der Waals surface area contributed by atoms with Crippen molar-refractivity contribution in [2.45, 2.75) is 77.0 Å². The van der Waals surface area contributed by atoms with Crippen LogP contribution in [-0.4, -0.2) is 0 Å². The van der Waals surface area contributed by atoms with Gasteiger partial charge in [0.2, 0.25) is 0 Å². The lowest BCUT2D eigenvalue weighted by Gasteiger charge is -2.42. The Bertz CT molecular complexity index is 2920. The molecule has 0 unspecified atom stereocenters. The molecule has 0 aromatic heterocycles. The van der Waals surface area contributed by atoms with Crippen LogP contribution in [0, 0.1) is 0 Å². The highest BCUT2D eigenvalue weighted by molar-refractivity contribution is 6.14. The fourth-order valence-corrected chi connectivity index (χ4v) is 9.73. The second-order valence-electron chi connectivity index (χ2n) is 18.0. The molecule has 0 heterocycles. The van der Waals surface area contributed by atoms with Crippen molar-refractivity contribution in [1.82, 2.24) is 0 Å². The van der Waals surface area contributed by atoms with Crippen LogP contribution in [0.3, 0.4) is 0 Å². The molecule has 1 nitrogen and oxygen atoms in total. The van der Waals surface area contributed by atoms with Gasteiger partial charge in [0.25, 0.3) is 0 Å². The molecule has 59 heavy (non-hydrogen) atoms. The highest BCUT2D eigenvalue weighted by atomic mass is 15.1. The molecule has 0 aliphatic heterocycles. The maximum absolute atomic E-state index is 4.28. The van der Waals surface area contributed by atoms with Crippen molar-refractivity contribution in [3.63, 3.8) is 0 Å². The molecule has 1 heteroatoms. The summed E-state index contributed by atoms with van der Waals surface area (Å²) in [5.74, 6) is 0. The van der Waals surface area contributed by atoms with E-state index >= 15 is 0 Å². The summed E-state index contributed by atoms with van der Waals surface area (Å²) in [6.07, 6.45) is 20.2. The Morgan fingerprint density at radius 2 is 1.12 bits per heavy atom. The molecule has 0 atom stereocenters. The number of rotatable bonds is 9. The van der Waals surface area contributed by atoms with Gasteiger partial charge in [0, 0.05) is 23.7 Å². The summed E-state index contributed by atoms with van der Waals surface area (Å²) in [6, 6.07) is 47.6. The summed E-state index contributed by atoms with van der Waals surface area (Å²) < 4.78 is 0. The number of hydrogen-bond donors (Lipinski definition) is 0. The smallest absolute Gasteiger partial charge is 0.0452 e. The summed E-state index contributed by atoms with van der Waals surface area (Å²) >= 11 is 0. The highest BCUT2D eigenvalue weighted by Gasteiger charge is 2.37. The molecule has 0 fully saturated rings. The summed E-state index contributed by atoms with van der Waals surface area (Å²) in [4.78, 5) is 2.38. The molecular formula is C58H55N.